The normalized spacial score (nSPS) is 24.7. The van der Waals surface area contributed by atoms with Crippen LogP contribution in [0.2, 0.25) is 0 Å². The average Bonchev–Trinajstić information content (AvgIpc) is 2.15. The van der Waals surface area contributed by atoms with Gasteiger partial charge >= 0.3 is 0 Å². The van der Waals surface area contributed by atoms with Gasteiger partial charge in [-0.3, -0.25) is 4.99 Å². The van der Waals surface area contributed by atoms with E-state index in [1.54, 1.807) is 11.8 Å². The molecule has 100 valence electrons. The Morgan fingerprint density at radius 3 is 2.65 bits per heavy atom. The van der Waals surface area contributed by atoms with Crippen molar-refractivity contribution >= 4 is 26.8 Å². The lowest BCUT2D eigenvalue weighted by Gasteiger charge is -2.35. The van der Waals surface area contributed by atoms with Gasteiger partial charge in [-0.1, -0.05) is 32.5 Å². The second-order valence-corrected chi connectivity index (χ2v) is 8.86. The summed E-state index contributed by atoms with van der Waals surface area (Å²) in [6.45, 7) is 6.96. The number of thioether (sulfide) groups is 1. The van der Waals surface area contributed by atoms with E-state index < -0.39 is 9.84 Å². The number of nitrogens with zero attached hydrogens (tertiary/aromatic N) is 1. The molecule has 0 amide bonds. The molecule has 0 spiro atoms. The van der Waals surface area contributed by atoms with Crippen molar-refractivity contribution in [2.24, 2.45) is 10.4 Å². The second-order valence-electron chi connectivity index (χ2n) is 5.52. The van der Waals surface area contributed by atoms with Crippen LogP contribution in [0.15, 0.2) is 4.99 Å². The maximum atomic E-state index is 11.0. The Labute approximate surface area is 109 Å². The Morgan fingerprint density at radius 1 is 1.47 bits per heavy atom. The molecule has 0 aromatic heterocycles. The average molecular weight is 278 g/mol. The largest absolute Gasteiger partial charge is 0.362 e. The molecule has 1 aliphatic rings. The van der Waals surface area contributed by atoms with E-state index in [-0.39, 0.29) is 11.2 Å². The van der Waals surface area contributed by atoms with Crippen LogP contribution in [-0.4, -0.2) is 43.9 Å². The highest BCUT2D eigenvalue weighted by Crippen LogP contribution is 2.27. The molecular weight excluding hydrogens is 256 g/mol. The second kappa shape index (κ2) is 5.61. The van der Waals surface area contributed by atoms with Gasteiger partial charge in [0.2, 0.25) is 0 Å². The Bertz CT molecular complexity index is 383. The Morgan fingerprint density at radius 2 is 2.12 bits per heavy atom. The first-order valence-electron chi connectivity index (χ1n) is 5.80. The van der Waals surface area contributed by atoms with Crippen LogP contribution < -0.4 is 5.32 Å². The highest BCUT2D eigenvalue weighted by Gasteiger charge is 2.28. The first-order chi connectivity index (χ1) is 7.68. The summed E-state index contributed by atoms with van der Waals surface area (Å²) in [5.74, 6) is 1.17. The van der Waals surface area contributed by atoms with Crippen LogP contribution in [-0.2, 0) is 9.84 Å². The fraction of sp³-hybridized carbons (Fsp3) is 0.909. The summed E-state index contributed by atoms with van der Waals surface area (Å²) in [6.07, 6.45) is 2.37. The highest BCUT2D eigenvalue weighted by atomic mass is 32.2. The summed E-state index contributed by atoms with van der Waals surface area (Å²) in [5, 5.41) is 4.29. The van der Waals surface area contributed by atoms with E-state index in [4.69, 9.17) is 0 Å². The van der Waals surface area contributed by atoms with Gasteiger partial charge < -0.3 is 5.32 Å². The molecule has 0 saturated carbocycles. The van der Waals surface area contributed by atoms with Crippen molar-refractivity contribution in [2.45, 2.75) is 33.2 Å². The summed E-state index contributed by atoms with van der Waals surface area (Å²) < 4.78 is 22.0. The van der Waals surface area contributed by atoms with Gasteiger partial charge in [-0.2, -0.15) is 0 Å². The fourth-order valence-electron chi connectivity index (χ4n) is 1.59. The zero-order valence-corrected chi connectivity index (χ0v) is 12.6. The third-order valence-corrected chi connectivity index (χ3v) is 4.59. The van der Waals surface area contributed by atoms with E-state index in [1.165, 1.54) is 6.26 Å². The van der Waals surface area contributed by atoms with E-state index >= 15 is 0 Å². The number of aliphatic imine (C=N–C) groups is 1. The standard InChI is InChI=1S/C11H22N2O2S2/c1-11(2,3)9-5-7-16-10(13-9)12-6-8-17(4,14)15/h9H,5-8H2,1-4H3,(H,12,13). The lowest BCUT2D eigenvalue weighted by molar-refractivity contribution is 0.290. The Hall–Kier alpha value is -0.230. The van der Waals surface area contributed by atoms with E-state index in [2.05, 4.69) is 31.1 Å². The van der Waals surface area contributed by atoms with Gasteiger partial charge in [0.15, 0.2) is 5.17 Å². The number of hydrogen-bond donors (Lipinski definition) is 1. The molecule has 1 fully saturated rings. The molecule has 17 heavy (non-hydrogen) atoms. The maximum absolute atomic E-state index is 11.0. The van der Waals surface area contributed by atoms with Crippen LogP contribution in [0, 0.1) is 5.41 Å². The summed E-state index contributed by atoms with van der Waals surface area (Å²) in [7, 11) is -2.91. The molecule has 1 unspecified atom stereocenters. The molecule has 1 atom stereocenters. The number of rotatable bonds is 3. The van der Waals surface area contributed by atoms with Gasteiger partial charge in [0.1, 0.15) is 9.84 Å². The summed E-state index contributed by atoms with van der Waals surface area (Å²) in [6, 6.07) is 0.417. The predicted octanol–water partition coefficient (Wildman–Crippen LogP) is 1.53. The van der Waals surface area contributed by atoms with Crippen LogP contribution in [0.25, 0.3) is 0 Å². The summed E-state index contributed by atoms with van der Waals surface area (Å²) in [4.78, 5) is 4.32. The number of amidine groups is 1. The molecule has 1 N–H and O–H groups in total. The summed E-state index contributed by atoms with van der Waals surface area (Å²) in [5.41, 5.74) is 0.207. The van der Waals surface area contributed by atoms with Gasteiger partial charge in [-0.15, -0.1) is 0 Å². The number of nitrogens with one attached hydrogen (secondary N) is 1. The SMILES string of the molecule is CC(C)(C)C1CCSC(=NCCS(C)(=O)=O)N1. The zero-order chi connectivity index (χ0) is 13.1. The first-order valence-corrected chi connectivity index (χ1v) is 8.84. The lowest BCUT2D eigenvalue weighted by Crippen LogP contribution is -2.46. The van der Waals surface area contributed by atoms with Gasteiger partial charge in [-0.05, 0) is 11.8 Å². The Kier molecular flexibility index (Phi) is 4.89. The van der Waals surface area contributed by atoms with E-state index in [9.17, 15) is 8.42 Å². The molecule has 0 aromatic carbocycles. The quantitative estimate of drug-likeness (QED) is 0.850. The smallest absolute Gasteiger partial charge is 0.156 e. The van der Waals surface area contributed by atoms with Crippen molar-refractivity contribution in [1.29, 1.82) is 0 Å². The van der Waals surface area contributed by atoms with Crippen LogP contribution in [0.5, 0.6) is 0 Å². The number of sulfone groups is 1. The van der Waals surface area contributed by atoms with Crippen LogP contribution >= 0.6 is 11.8 Å². The van der Waals surface area contributed by atoms with Gasteiger partial charge in [0.25, 0.3) is 0 Å². The van der Waals surface area contributed by atoms with Gasteiger partial charge in [-0.25, -0.2) is 8.42 Å². The molecule has 0 bridgehead atoms. The molecule has 1 rings (SSSR count). The molecule has 0 aromatic rings. The fourth-order valence-corrected chi connectivity index (χ4v) is 2.97. The van der Waals surface area contributed by atoms with Crippen molar-refractivity contribution in [2.75, 3.05) is 24.3 Å². The third-order valence-electron chi connectivity index (χ3n) is 2.71. The molecular formula is C11H22N2O2S2. The van der Waals surface area contributed by atoms with Crippen LogP contribution in [0.4, 0.5) is 0 Å². The molecule has 0 aliphatic carbocycles. The van der Waals surface area contributed by atoms with Gasteiger partial charge in [0, 0.05) is 18.1 Å². The lowest BCUT2D eigenvalue weighted by atomic mass is 9.85. The molecule has 1 aliphatic heterocycles. The molecule has 4 nitrogen and oxygen atoms in total. The first kappa shape index (κ1) is 14.8. The van der Waals surface area contributed by atoms with Crippen molar-refractivity contribution in [3.05, 3.63) is 0 Å². The van der Waals surface area contributed by atoms with E-state index in [0.29, 0.717) is 12.6 Å². The monoisotopic (exact) mass is 278 g/mol. The van der Waals surface area contributed by atoms with E-state index in [0.717, 1.165) is 17.3 Å². The van der Waals surface area contributed by atoms with Crippen molar-refractivity contribution < 1.29 is 8.42 Å². The minimum Gasteiger partial charge on any atom is -0.362 e. The highest BCUT2D eigenvalue weighted by molar-refractivity contribution is 8.13. The van der Waals surface area contributed by atoms with Crippen molar-refractivity contribution in [3.8, 4) is 0 Å². The van der Waals surface area contributed by atoms with Crippen LogP contribution in [0.1, 0.15) is 27.2 Å². The molecule has 1 saturated heterocycles. The summed E-state index contributed by atoms with van der Waals surface area (Å²) >= 11 is 1.68. The van der Waals surface area contributed by atoms with Gasteiger partial charge in [0.05, 0.1) is 12.3 Å². The minimum atomic E-state index is -2.91. The minimum absolute atomic E-state index is 0.124. The van der Waals surface area contributed by atoms with Crippen LogP contribution in [0.3, 0.4) is 0 Å². The van der Waals surface area contributed by atoms with Crippen molar-refractivity contribution in [1.82, 2.24) is 5.32 Å². The Balaban J connectivity index is 2.52. The topological polar surface area (TPSA) is 58.5 Å². The zero-order valence-electron chi connectivity index (χ0n) is 11.0. The van der Waals surface area contributed by atoms with Crippen molar-refractivity contribution in [3.63, 3.8) is 0 Å². The molecule has 1 heterocycles. The van der Waals surface area contributed by atoms with E-state index in [1.807, 2.05) is 0 Å². The molecule has 0 radical (unpaired) electrons. The third kappa shape index (κ3) is 5.77. The number of hydrogen-bond acceptors (Lipinski definition) is 4. The maximum Gasteiger partial charge on any atom is 0.156 e. The predicted molar refractivity (Wildman–Crippen MR) is 75.5 cm³/mol. The molecule has 6 heteroatoms.